The number of piperidine rings is 1. The molecule has 1 aliphatic heterocycles. The Kier molecular flexibility index (Phi) is 5.45. The molecule has 0 amide bonds. The van der Waals surface area contributed by atoms with Crippen LogP contribution in [0, 0.1) is 0 Å². The Hall–Kier alpha value is -2.84. The zero-order valence-electron chi connectivity index (χ0n) is 19.9. The lowest BCUT2D eigenvalue weighted by Crippen LogP contribution is -2.62. The van der Waals surface area contributed by atoms with Gasteiger partial charge in [-0.25, -0.2) is 4.98 Å². The number of nitrogens with one attached hydrogen (secondary N) is 2. The first-order valence-electron chi connectivity index (χ1n) is 11.5. The predicted octanol–water partition coefficient (Wildman–Crippen LogP) is 5.28. The van der Waals surface area contributed by atoms with E-state index < -0.39 is 0 Å². The van der Waals surface area contributed by atoms with E-state index in [-0.39, 0.29) is 11.1 Å². The van der Waals surface area contributed by atoms with Crippen molar-refractivity contribution in [1.82, 2.24) is 30.7 Å². The molecule has 33 heavy (non-hydrogen) atoms. The average Bonchev–Trinajstić information content (AvgIpc) is 3.44. The summed E-state index contributed by atoms with van der Waals surface area (Å²) >= 11 is 1.63. The van der Waals surface area contributed by atoms with Crippen molar-refractivity contribution in [2.24, 2.45) is 0 Å². The highest BCUT2D eigenvalue weighted by Gasteiger charge is 2.40. The third kappa shape index (κ3) is 4.25. The number of anilines is 1. The molecule has 1 saturated heterocycles. The molecule has 172 valence electrons. The van der Waals surface area contributed by atoms with Gasteiger partial charge in [0, 0.05) is 46.6 Å². The van der Waals surface area contributed by atoms with E-state index in [1.807, 2.05) is 17.9 Å². The van der Waals surface area contributed by atoms with Crippen LogP contribution in [-0.4, -0.2) is 49.0 Å². The van der Waals surface area contributed by atoms with Gasteiger partial charge in [-0.15, -0.1) is 21.5 Å². The average molecular weight is 462 g/mol. The van der Waals surface area contributed by atoms with E-state index in [9.17, 15) is 0 Å². The summed E-state index contributed by atoms with van der Waals surface area (Å²) in [7, 11) is 0. The molecule has 1 aromatic carbocycles. The second kappa shape index (κ2) is 8.18. The van der Waals surface area contributed by atoms with Crippen LogP contribution in [0.5, 0.6) is 0 Å². The van der Waals surface area contributed by atoms with Crippen molar-refractivity contribution in [2.45, 2.75) is 64.6 Å². The molecule has 3 aromatic heterocycles. The van der Waals surface area contributed by atoms with Crippen molar-refractivity contribution in [3.05, 3.63) is 42.2 Å². The van der Waals surface area contributed by atoms with Crippen LogP contribution in [0.2, 0.25) is 0 Å². The molecule has 8 heteroatoms. The second-order valence-electron chi connectivity index (χ2n) is 10.2. The molecule has 2 N–H and O–H groups in total. The fraction of sp³-hybridized carbons (Fsp3) is 0.440. The van der Waals surface area contributed by atoms with E-state index >= 15 is 0 Å². The first kappa shape index (κ1) is 22.0. The van der Waals surface area contributed by atoms with Crippen molar-refractivity contribution in [1.29, 1.82) is 0 Å². The standard InChI is InChI=1S/C25H31N7S/c1-6-32(17-11-24(2,3)31-25(4,5)12-17)21-10-9-20(29-30-21)19-8-7-18(16-13-27-28-14-16)22-23(19)33-15-26-22/h7-10,13-15,17,31H,6,11-12H2,1-5H3,(H,27,28). The minimum atomic E-state index is 0.0850. The quantitative estimate of drug-likeness (QED) is 0.421. The van der Waals surface area contributed by atoms with Crippen molar-refractivity contribution >= 4 is 27.4 Å². The molecule has 0 atom stereocenters. The topological polar surface area (TPSA) is 82.6 Å². The Morgan fingerprint density at radius 1 is 1.03 bits per heavy atom. The van der Waals surface area contributed by atoms with Crippen LogP contribution >= 0.6 is 11.3 Å². The molecule has 0 unspecified atom stereocenters. The lowest BCUT2D eigenvalue weighted by molar-refractivity contribution is 0.158. The minimum absolute atomic E-state index is 0.0850. The van der Waals surface area contributed by atoms with E-state index in [2.05, 4.69) is 94.5 Å². The van der Waals surface area contributed by atoms with Gasteiger partial charge >= 0.3 is 0 Å². The predicted molar refractivity (Wildman–Crippen MR) is 136 cm³/mol. The molecule has 4 heterocycles. The normalized spacial score (nSPS) is 18.0. The molecule has 1 fully saturated rings. The van der Waals surface area contributed by atoms with Gasteiger partial charge in [-0.2, -0.15) is 5.10 Å². The molecule has 0 radical (unpaired) electrons. The van der Waals surface area contributed by atoms with Crippen molar-refractivity contribution in [3.8, 4) is 22.4 Å². The van der Waals surface area contributed by atoms with Gasteiger partial charge in [0.05, 0.1) is 27.6 Å². The molecule has 0 bridgehead atoms. The van der Waals surface area contributed by atoms with Gasteiger partial charge in [0.1, 0.15) is 0 Å². The summed E-state index contributed by atoms with van der Waals surface area (Å²) in [6.45, 7) is 12.3. The highest BCUT2D eigenvalue weighted by Crippen LogP contribution is 2.37. The zero-order valence-corrected chi connectivity index (χ0v) is 20.7. The monoisotopic (exact) mass is 461 g/mol. The van der Waals surface area contributed by atoms with E-state index in [0.29, 0.717) is 6.04 Å². The first-order valence-corrected chi connectivity index (χ1v) is 12.4. The number of hydrogen-bond donors (Lipinski definition) is 2. The van der Waals surface area contributed by atoms with E-state index in [1.165, 1.54) is 0 Å². The fourth-order valence-electron chi connectivity index (χ4n) is 5.50. The minimum Gasteiger partial charge on any atom is -0.352 e. The maximum absolute atomic E-state index is 4.69. The summed E-state index contributed by atoms with van der Waals surface area (Å²) in [4.78, 5) is 7.03. The fourth-order valence-corrected chi connectivity index (χ4v) is 6.34. The van der Waals surface area contributed by atoms with Crippen LogP contribution in [0.25, 0.3) is 32.6 Å². The molecule has 0 aliphatic carbocycles. The van der Waals surface area contributed by atoms with Gasteiger partial charge in [0.2, 0.25) is 0 Å². The Labute approximate surface area is 198 Å². The Morgan fingerprint density at radius 2 is 1.79 bits per heavy atom. The summed E-state index contributed by atoms with van der Waals surface area (Å²) < 4.78 is 1.12. The van der Waals surface area contributed by atoms with Crippen LogP contribution in [0.3, 0.4) is 0 Å². The molecular formula is C25H31N7S. The van der Waals surface area contributed by atoms with Crippen LogP contribution < -0.4 is 10.2 Å². The third-order valence-electron chi connectivity index (χ3n) is 6.46. The number of H-pyrrole nitrogens is 1. The van der Waals surface area contributed by atoms with Crippen LogP contribution in [0.4, 0.5) is 5.82 Å². The van der Waals surface area contributed by atoms with E-state index in [1.54, 1.807) is 11.3 Å². The molecule has 5 rings (SSSR count). The van der Waals surface area contributed by atoms with Crippen LogP contribution in [0.15, 0.2) is 42.2 Å². The third-order valence-corrected chi connectivity index (χ3v) is 7.32. The van der Waals surface area contributed by atoms with Crippen molar-refractivity contribution < 1.29 is 0 Å². The Morgan fingerprint density at radius 3 is 2.42 bits per heavy atom. The summed E-state index contributed by atoms with van der Waals surface area (Å²) in [5.41, 5.74) is 7.06. The van der Waals surface area contributed by atoms with Gasteiger partial charge in [-0.05, 0) is 59.6 Å². The molecule has 0 saturated carbocycles. The molecule has 0 spiro atoms. The largest absolute Gasteiger partial charge is 0.352 e. The van der Waals surface area contributed by atoms with Crippen molar-refractivity contribution in [2.75, 3.05) is 11.4 Å². The Bertz CT molecular complexity index is 1230. The number of hydrogen-bond acceptors (Lipinski definition) is 7. The second-order valence-corrected chi connectivity index (χ2v) is 11.1. The number of aromatic nitrogens is 5. The zero-order chi connectivity index (χ0) is 23.2. The summed E-state index contributed by atoms with van der Waals surface area (Å²) in [5, 5.41) is 20.1. The summed E-state index contributed by atoms with van der Waals surface area (Å²) in [6, 6.07) is 8.83. The van der Waals surface area contributed by atoms with E-state index in [4.69, 9.17) is 0 Å². The summed E-state index contributed by atoms with van der Waals surface area (Å²) in [5.74, 6) is 0.940. The number of fused-ring (bicyclic) bond motifs is 1. The first-order chi connectivity index (χ1) is 15.8. The van der Waals surface area contributed by atoms with Crippen molar-refractivity contribution in [3.63, 3.8) is 0 Å². The highest BCUT2D eigenvalue weighted by atomic mass is 32.1. The SMILES string of the molecule is CCN(c1ccc(-c2ccc(-c3cn[nH]c3)c3ncsc23)nn1)C1CC(C)(C)NC(C)(C)C1. The smallest absolute Gasteiger partial charge is 0.151 e. The van der Waals surface area contributed by atoms with E-state index in [0.717, 1.165) is 57.8 Å². The molecule has 4 aromatic rings. The highest BCUT2D eigenvalue weighted by molar-refractivity contribution is 7.17. The number of benzene rings is 1. The number of nitrogens with zero attached hydrogens (tertiary/aromatic N) is 5. The molecule has 1 aliphatic rings. The van der Waals surface area contributed by atoms with Gasteiger partial charge in [0.25, 0.3) is 0 Å². The van der Waals surface area contributed by atoms with Gasteiger partial charge in [0.15, 0.2) is 5.82 Å². The van der Waals surface area contributed by atoms with Crippen LogP contribution in [0.1, 0.15) is 47.5 Å². The van der Waals surface area contributed by atoms with Gasteiger partial charge in [-0.1, -0.05) is 12.1 Å². The van der Waals surface area contributed by atoms with Gasteiger partial charge < -0.3 is 10.2 Å². The lowest BCUT2D eigenvalue weighted by atomic mass is 9.79. The van der Waals surface area contributed by atoms with Crippen LogP contribution in [-0.2, 0) is 0 Å². The maximum atomic E-state index is 4.69. The molecular weight excluding hydrogens is 430 g/mol. The Balaban J connectivity index is 1.46. The van der Waals surface area contributed by atoms with Gasteiger partial charge in [-0.3, -0.25) is 5.10 Å². The molecule has 7 nitrogen and oxygen atoms in total. The number of aromatic amines is 1. The lowest BCUT2D eigenvalue weighted by Gasteiger charge is -2.49. The number of thiazole rings is 1. The summed E-state index contributed by atoms with van der Waals surface area (Å²) in [6.07, 6.45) is 5.87. The number of rotatable bonds is 5. The maximum Gasteiger partial charge on any atom is 0.151 e.